The van der Waals surface area contributed by atoms with Gasteiger partial charge in [0.25, 0.3) is 0 Å². The van der Waals surface area contributed by atoms with Gasteiger partial charge in [-0.2, -0.15) is 0 Å². The molecule has 0 saturated heterocycles. The Bertz CT molecular complexity index is 174. The molecule has 0 bridgehead atoms. The molecule has 1 N–H and O–H groups in total. The molecule has 0 amide bonds. The molecule has 96 valence electrons. The van der Waals surface area contributed by atoms with Crippen LogP contribution in [0, 0.1) is 5.92 Å². The molecular weight excluding hydrogens is 196 g/mol. The van der Waals surface area contributed by atoms with Gasteiger partial charge in [0.1, 0.15) is 0 Å². The molecule has 16 heavy (non-hydrogen) atoms. The van der Waals surface area contributed by atoms with Gasteiger partial charge in [0, 0.05) is 18.6 Å². The van der Waals surface area contributed by atoms with Crippen LogP contribution in [0.2, 0.25) is 0 Å². The molecule has 2 atom stereocenters. The van der Waals surface area contributed by atoms with Gasteiger partial charge >= 0.3 is 0 Å². The minimum Gasteiger partial charge on any atom is -0.313 e. The molecular formula is C14H30N2. The van der Waals surface area contributed by atoms with Crippen LogP contribution in [0.5, 0.6) is 0 Å². The Labute approximate surface area is 102 Å². The molecule has 2 nitrogen and oxygen atoms in total. The second-order valence-corrected chi connectivity index (χ2v) is 5.41. The highest BCUT2D eigenvalue weighted by Gasteiger charge is 2.20. The van der Waals surface area contributed by atoms with E-state index in [1.54, 1.807) is 0 Å². The summed E-state index contributed by atoms with van der Waals surface area (Å²) in [6.45, 7) is 12.6. The summed E-state index contributed by atoms with van der Waals surface area (Å²) in [4.78, 5) is 2.52. The Balaban J connectivity index is 2.11. The highest BCUT2D eigenvalue weighted by Crippen LogP contribution is 2.30. The Hall–Kier alpha value is -0.0800. The predicted molar refractivity (Wildman–Crippen MR) is 71.8 cm³/mol. The van der Waals surface area contributed by atoms with E-state index in [4.69, 9.17) is 0 Å². The van der Waals surface area contributed by atoms with Crippen LogP contribution < -0.4 is 5.32 Å². The van der Waals surface area contributed by atoms with Gasteiger partial charge in [-0.25, -0.2) is 0 Å². The molecule has 1 saturated carbocycles. The van der Waals surface area contributed by atoms with Gasteiger partial charge in [-0.1, -0.05) is 33.1 Å². The standard InChI is InChI=1S/C14H30N2/c1-5-16(6-2)13(4)11-15-12(3)10-14-8-7-9-14/h12-15H,5-11H2,1-4H3. The quantitative estimate of drug-likeness (QED) is 0.684. The lowest BCUT2D eigenvalue weighted by Crippen LogP contribution is -2.43. The maximum Gasteiger partial charge on any atom is 0.0192 e. The molecule has 1 aliphatic rings. The van der Waals surface area contributed by atoms with Crippen molar-refractivity contribution in [1.82, 2.24) is 10.2 Å². The lowest BCUT2D eigenvalue weighted by Gasteiger charge is -2.31. The SMILES string of the molecule is CCN(CC)C(C)CNC(C)CC1CCC1. The van der Waals surface area contributed by atoms with Gasteiger partial charge in [0.05, 0.1) is 0 Å². The molecule has 2 unspecified atom stereocenters. The van der Waals surface area contributed by atoms with Crippen LogP contribution in [0.4, 0.5) is 0 Å². The minimum absolute atomic E-state index is 0.666. The second kappa shape index (κ2) is 7.29. The molecule has 1 rings (SSSR count). The van der Waals surface area contributed by atoms with Crippen molar-refractivity contribution in [3.8, 4) is 0 Å². The molecule has 1 fully saturated rings. The molecule has 2 heteroatoms. The topological polar surface area (TPSA) is 15.3 Å². The maximum atomic E-state index is 3.69. The van der Waals surface area contributed by atoms with E-state index >= 15 is 0 Å². The number of hydrogen-bond donors (Lipinski definition) is 1. The summed E-state index contributed by atoms with van der Waals surface area (Å²) in [5.74, 6) is 1.02. The zero-order valence-corrected chi connectivity index (χ0v) is 11.6. The van der Waals surface area contributed by atoms with Gasteiger partial charge < -0.3 is 5.32 Å². The lowest BCUT2D eigenvalue weighted by atomic mass is 9.81. The van der Waals surface area contributed by atoms with E-state index in [9.17, 15) is 0 Å². The Kier molecular flexibility index (Phi) is 6.37. The first-order valence-corrected chi connectivity index (χ1v) is 7.14. The average Bonchev–Trinajstić information content (AvgIpc) is 2.22. The molecule has 0 heterocycles. The summed E-state index contributed by atoms with van der Waals surface area (Å²) in [6, 6.07) is 1.36. The average molecular weight is 226 g/mol. The van der Waals surface area contributed by atoms with Crippen molar-refractivity contribution in [3.05, 3.63) is 0 Å². The van der Waals surface area contributed by atoms with Crippen LogP contribution in [0.1, 0.15) is 53.4 Å². The fourth-order valence-electron chi connectivity index (χ4n) is 2.66. The normalized spacial score (nSPS) is 20.8. The Morgan fingerprint density at radius 3 is 2.25 bits per heavy atom. The highest BCUT2D eigenvalue weighted by molar-refractivity contribution is 4.76. The highest BCUT2D eigenvalue weighted by atomic mass is 15.2. The third-order valence-electron chi connectivity index (χ3n) is 4.11. The van der Waals surface area contributed by atoms with E-state index in [0.29, 0.717) is 12.1 Å². The Morgan fingerprint density at radius 2 is 1.81 bits per heavy atom. The fraction of sp³-hybridized carbons (Fsp3) is 1.00. The van der Waals surface area contributed by atoms with Crippen LogP contribution in [0.25, 0.3) is 0 Å². The first-order valence-electron chi connectivity index (χ1n) is 7.14. The van der Waals surface area contributed by atoms with E-state index in [-0.39, 0.29) is 0 Å². The number of nitrogens with zero attached hydrogens (tertiary/aromatic N) is 1. The summed E-state index contributed by atoms with van der Waals surface area (Å²) < 4.78 is 0. The van der Waals surface area contributed by atoms with E-state index in [1.807, 2.05) is 0 Å². The summed E-state index contributed by atoms with van der Waals surface area (Å²) in [5.41, 5.74) is 0. The van der Waals surface area contributed by atoms with Gasteiger partial charge in [0.15, 0.2) is 0 Å². The van der Waals surface area contributed by atoms with Crippen molar-refractivity contribution in [3.63, 3.8) is 0 Å². The van der Waals surface area contributed by atoms with Gasteiger partial charge in [0.2, 0.25) is 0 Å². The molecule has 0 aromatic rings. The van der Waals surface area contributed by atoms with Crippen molar-refractivity contribution < 1.29 is 0 Å². The van der Waals surface area contributed by atoms with Gasteiger partial charge in [-0.3, -0.25) is 4.90 Å². The van der Waals surface area contributed by atoms with Crippen LogP contribution >= 0.6 is 0 Å². The maximum absolute atomic E-state index is 3.69. The third kappa shape index (κ3) is 4.42. The number of rotatable bonds is 8. The summed E-state index contributed by atoms with van der Waals surface area (Å²) in [5, 5.41) is 3.69. The molecule has 0 radical (unpaired) electrons. The largest absolute Gasteiger partial charge is 0.313 e. The minimum atomic E-state index is 0.666. The first-order chi connectivity index (χ1) is 7.67. The number of nitrogens with one attached hydrogen (secondary N) is 1. The second-order valence-electron chi connectivity index (χ2n) is 5.41. The monoisotopic (exact) mass is 226 g/mol. The van der Waals surface area contributed by atoms with Gasteiger partial charge in [-0.15, -0.1) is 0 Å². The summed E-state index contributed by atoms with van der Waals surface area (Å²) in [7, 11) is 0. The van der Waals surface area contributed by atoms with Crippen molar-refractivity contribution in [2.75, 3.05) is 19.6 Å². The number of hydrogen-bond acceptors (Lipinski definition) is 2. The predicted octanol–water partition coefficient (Wildman–Crippen LogP) is 2.89. The smallest absolute Gasteiger partial charge is 0.0192 e. The van der Waals surface area contributed by atoms with E-state index in [0.717, 1.165) is 25.6 Å². The van der Waals surface area contributed by atoms with Crippen LogP contribution in [-0.4, -0.2) is 36.6 Å². The molecule has 1 aliphatic carbocycles. The summed E-state index contributed by atoms with van der Waals surface area (Å²) >= 11 is 0. The molecule has 0 aromatic heterocycles. The van der Waals surface area contributed by atoms with Crippen molar-refractivity contribution in [1.29, 1.82) is 0 Å². The zero-order valence-electron chi connectivity index (χ0n) is 11.6. The van der Waals surface area contributed by atoms with Crippen LogP contribution in [0.3, 0.4) is 0 Å². The van der Waals surface area contributed by atoms with Crippen LogP contribution in [0.15, 0.2) is 0 Å². The fourth-order valence-corrected chi connectivity index (χ4v) is 2.66. The molecule has 0 spiro atoms. The van der Waals surface area contributed by atoms with E-state index < -0.39 is 0 Å². The molecule has 0 aromatic carbocycles. The van der Waals surface area contributed by atoms with Crippen molar-refractivity contribution >= 4 is 0 Å². The number of likely N-dealkylation sites (N-methyl/N-ethyl adjacent to an activating group) is 1. The summed E-state index contributed by atoms with van der Waals surface area (Å²) in [6.07, 6.45) is 5.79. The first kappa shape index (κ1) is 14.0. The van der Waals surface area contributed by atoms with Crippen LogP contribution in [-0.2, 0) is 0 Å². The zero-order chi connectivity index (χ0) is 12.0. The van der Waals surface area contributed by atoms with Crippen molar-refractivity contribution in [2.24, 2.45) is 5.92 Å². The Morgan fingerprint density at radius 1 is 1.19 bits per heavy atom. The third-order valence-corrected chi connectivity index (χ3v) is 4.11. The van der Waals surface area contributed by atoms with E-state index in [1.165, 1.54) is 25.7 Å². The molecule has 0 aliphatic heterocycles. The van der Waals surface area contributed by atoms with Gasteiger partial charge in [-0.05, 0) is 39.3 Å². The lowest BCUT2D eigenvalue weighted by molar-refractivity contribution is 0.211. The van der Waals surface area contributed by atoms with Crippen molar-refractivity contribution in [2.45, 2.75) is 65.5 Å². The van der Waals surface area contributed by atoms with E-state index in [2.05, 4.69) is 37.9 Å².